The van der Waals surface area contributed by atoms with E-state index in [4.69, 9.17) is 4.74 Å². The first-order chi connectivity index (χ1) is 15.1. The number of fused-ring (bicyclic) bond motifs is 1. The molecule has 0 bridgehead atoms. The Labute approximate surface area is 183 Å². The molecular formula is C23H20N2O5S. The van der Waals surface area contributed by atoms with Gasteiger partial charge in [-0.15, -0.1) is 0 Å². The maximum Gasteiger partial charge on any atom is 0.325 e. The second-order valence-corrected chi connectivity index (χ2v) is 7.79. The minimum Gasteiger partial charge on any atom is -0.492 e. The van der Waals surface area contributed by atoms with Gasteiger partial charge < -0.3 is 14.0 Å². The number of nitrogens with zero attached hydrogens (tertiary/aromatic N) is 2. The second-order valence-electron chi connectivity index (χ2n) is 6.80. The molecular weight excluding hydrogens is 416 g/mol. The SMILES string of the molecule is COC(=O)CN1C(=O)S/C(=C\c2cn(CCOc3ccccc3)c3ccccc23)C1=O. The molecule has 8 heteroatoms. The van der Waals surface area contributed by atoms with Crippen molar-refractivity contribution in [2.45, 2.75) is 6.54 Å². The standard InChI is InChI=1S/C23H20N2O5S/c1-29-21(26)15-25-22(27)20(31-23(25)28)13-16-14-24(19-10-6-5-9-18(16)19)11-12-30-17-7-3-2-4-8-17/h2-10,13-14H,11-12,15H2,1H3/b20-13-. The van der Waals surface area contributed by atoms with Gasteiger partial charge in [-0.2, -0.15) is 0 Å². The van der Waals surface area contributed by atoms with Crippen molar-refractivity contribution in [2.24, 2.45) is 0 Å². The van der Waals surface area contributed by atoms with E-state index in [1.165, 1.54) is 7.11 Å². The summed E-state index contributed by atoms with van der Waals surface area (Å²) < 4.78 is 12.4. The number of carbonyl (C=O) groups is 3. The molecule has 0 atom stereocenters. The Bertz CT molecular complexity index is 1170. The molecule has 0 aliphatic carbocycles. The summed E-state index contributed by atoms with van der Waals surface area (Å²) in [5.41, 5.74) is 1.82. The van der Waals surface area contributed by atoms with Crippen LogP contribution in [0.5, 0.6) is 5.75 Å². The fourth-order valence-corrected chi connectivity index (χ4v) is 4.15. The summed E-state index contributed by atoms with van der Waals surface area (Å²) >= 11 is 0.819. The van der Waals surface area contributed by atoms with Crippen molar-refractivity contribution in [1.29, 1.82) is 0 Å². The van der Waals surface area contributed by atoms with Crippen LogP contribution in [-0.2, 0) is 20.9 Å². The van der Waals surface area contributed by atoms with Crippen LogP contribution in [0.25, 0.3) is 17.0 Å². The molecule has 0 N–H and O–H groups in total. The molecule has 158 valence electrons. The number of rotatable bonds is 7. The number of hydrogen-bond acceptors (Lipinski definition) is 6. The van der Waals surface area contributed by atoms with Crippen LogP contribution < -0.4 is 4.74 Å². The summed E-state index contributed by atoms with van der Waals surface area (Å²) in [6, 6.07) is 17.4. The lowest BCUT2D eigenvalue weighted by Gasteiger charge is -2.09. The van der Waals surface area contributed by atoms with E-state index in [1.54, 1.807) is 6.08 Å². The van der Waals surface area contributed by atoms with Crippen LogP contribution in [0, 0.1) is 0 Å². The molecule has 0 unspecified atom stereocenters. The van der Waals surface area contributed by atoms with Crippen molar-refractivity contribution >= 4 is 45.9 Å². The molecule has 1 aliphatic heterocycles. The van der Waals surface area contributed by atoms with E-state index < -0.39 is 23.7 Å². The van der Waals surface area contributed by atoms with Gasteiger partial charge in [0.25, 0.3) is 11.1 Å². The number of hydrogen-bond donors (Lipinski definition) is 0. The normalized spacial score (nSPS) is 15.1. The molecule has 1 fully saturated rings. The number of benzene rings is 2. The smallest absolute Gasteiger partial charge is 0.325 e. The third kappa shape index (κ3) is 4.49. The number of ether oxygens (including phenoxy) is 2. The molecule has 1 aromatic heterocycles. The van der Waals surface area contributed by atoms with Gasteiger partial charge in [0.1, 0.15) is 18.9 Å². The number of thioether (sulfide) groups is 1. The maximum atomic E-state index is 12.6. The van der Waals surface area contributed by atoms with Crippen LogP contribution in [0.2, 0.25) is 0 Å². The molecule has 2 heterocycles. The predicted molar refractivity (Wildman–Crippen MR) is 119 cm³/mol. The van der Waals surface area contributed by atoms with E-state index in [0.29, 0.717) is 13.2 Å². The van der Waals surface area contributed by atoms with Gasteiger partial charge in [0.15, 0.2) is 0 Å². The molecule has 31 heavy (non-hydrogen) atoms. The molecule has 2 aromatic carbocycles. The molecule has 0 spiro atoms. The van der Waals surface area contributed by atoms with Gasteiger partial charge >= 0.3 is 5.97 Å². The van der Waals surface area contributed by atoms with Gasteiger partial charge in [0, 0.05) is 22.7 Å². The Kier molecular flexibility index (Phi) is 6.08. The molecule has 0 saturated carbocycles. The molecule has 7 nitrogen and oxygen atoms in total. The van der Waals surface area contributed by atoms with Crippen molar-refractivity contribution in [3.05, 3.63) is 71.3 Å². The van der Waals surface area contributed by atoms with Crippen molar-refractivity contribution < 1.29 is 23.9 Å². The number of esters is 1. The highest BCUT2D eigenvalue weighted by Crippen LogP contribution is 2.34. The van der Waals surface area contributed by atoms with Crippen molar-refractivity contribution in [3.63, 3.8) is 0 Å². The van der Waals surface area contributed by atoms with E-state index in [9.17, 15) is 14.4 Å². The summed E-state index contributed by atoms with van der Waals surface area (Å²) in [5, 5.41) is 0.476. The van der Waals surface area contributed by atoms with Crippen LogP contribution >= 0.6 is 11.8 Å². The molecule has 2 amide bonds. The zero-order valence-corrected chi connectivity index (χ0v) is 17.6. The van der Waals surface area contributed by atoms with Crippen molar-refractivity contribution in [3.8, 4) is 5.75 Å². The van der Waals surface area contributed by atoms with E-state index >= 15 is 0 Å². The average molecular weight is 436 g/mol. The third-order valence-corrected chi connectivity index (χ3v) is 5.75. The first kappa shape index (κ1) is 20.7. The van der Waals surface area contributed by atoms with E-state index in [2.05, 4.69) is 9.30 Å². The Hall–Kier alpha value is -3.52. The highest BCUT2D eigenvalue weighted by Gasteiger charge is 2.36. The number of methoxy groups -OCH3 is 1. The monoisotopic (exact) mass is 436 g/mol. The first-order valence-electron chi connectivity index (χ1n) is 9.64. The van der Waals surface area contributed by atoms with Crippen LogP contribution in [0.3, 0.4) is 0 Å². The van der Waals surface area contributed by atoms with Gasteiger partial charge in [-0.25, -0.2) is 0 Å². The van der Waals surface area contributed by atoms with Crippen molar-refractivity contribution in [2.75, 3.05) is 20.3 Å². The Morgan fingerprint density at radius 2 is 1.81 bits per heavy atom. The average Bonchev–Trinajstić information content (AvgIpc) is 3.27. The zero-order valence-electron chi connectivity index (χ0n) is 16.8. The third-order valence-electron chi connectivity index (χ3n) is 4.84. The fraction of sp³-hybridized carbons (Fsp3) is 0.174. The van der Waals surface area contributed by atoms with Crippen LogP contribution in [0.15, 0.2) is 65.7 Å². The number of aromatic nitrogens is 1. The van der Waals surface area contributed by atoms with Gasteiger partial charge in [-0.05, 0) is 36.0 Å². The minimum atomic E-state index is -0.640. The zero-order chi connectivity index (χ0) is 21.8. The number of para-hydroxylation sites is 2. The highest BCUT2D eigenvalue weighted by atomic mass is 32.2. The fourth-order valence-electron chi connectivity index (χ4n) is 3.32. The van der Waals surface area contributed by atoms with Crippen LogP contribution in [0.4, 0.5) is 4.79 Å². The maximum absolute atomic E-state index is 12.6. The predicted octanol–water partition coefficient (Wildman–Crippen LogP) is 3.93. The molecule has 0 radical (unpaired) electrons. The van der Waals surface area contributed by atoms with Gasteiger partial charge in [0.2, 0.25) is 0 Å². The van der Waals surface area contributed by atoms with Gasteiger partial charge in [-0.1, -0.05) is 36.4 Å². The second kappa shape index (κ2) is 9.09. The lowest BCUT2D eigenvalue weighted by atomic mass is 10.1. The lowest BCUT2D eigenvalue weighted by Crippen LogP contribution is -2.34. The van der Waals surface area contributed by atoms with Gasteiger partial charge in [-0.3, -0.25) is 19.3 Å². The number of imide groups is 1. The van der Waals surface area contributed by atoms with Gasteiger partial charge in [0.05, 0.1) is 18.6 Å². The van der Waals surface area contributed by atoms with Crippen molar-refractivity contribution in [1.82, 2.24) is 9.47 Å². The summed E-state index contributed by atoms with van der Waals surface area (Å²) in [7, 11) is 1.22. The molecule has 1 aliphatic rings. The largest absolute Gasteiger partial charge is 0.492 e. The van der Waals surface area contributed by atoms with E-state index in [0.717, 1.165) is 38.9 Å². The summed E-state index contributed by atoms with van der Waals surface area (Å²) in [6.45, 7) is 0.710. The minimum absolute atomic E-state index is 0.275. The first-order valence-corrected chi connectivity index (χ1v) is 10.5. The number of amides is 2. The molecule has 3 aromatic rings. The Morgan fingerprint density at radius 3 is 2.58 bits per heavy atom. The highest BCUT2D eigenvalue weighted by molar-refractivity contribution is 8.18. The number of carbonyl (C=O) groups excluding carboxylic acids is 3. The Balaban J connectivity index is 1.56. The lowest BCUT2D eigenvalue weighted by molar-refractivity contribution is -0.143. The van der Waals surface area contributed by atoms with Crippen LogP contribution in [0.1, 0.15) is 5.56 Å². The Morgan fingerprint density at radius 1 is 1.06 bits per heavy atom. The summed E-state index contributed by atoms with van der Waals surface area (Å²) in [4.78, 5) is 37.5. The van der Waals surface area contributed by atoms with E-state index in [-0.39, 0.29) is 4.91 Å². The quantitative estimate of drug-likeness (QED) is 0.413. The van der Waals surface area contributed by atoms with E-state index in [1.807, 2.05) is 60.8 Å². The topological polar surface area (TPSA) is 77.8 Å². The summed E-state index contributed by atoms with van der Waals surface area (Å²) in [6.07, 6.45) is 3.63. The van der Waals surface area contributed by atoms with Crippen LogP contribution in [-0.4, -0.2) is 46.8 Å². The molecule has 4 rings (SSSR count). The molecule has 1 saturated heterocycles. The summed E-state index contributed by atoms with van der Waals surface area (Å²) in [5.74, 6) is -0.332.